The number of nitrogens with zero attached hydrogens (tertiary/aromatic N) is 1. The number of benzene rings is 1. The molecule has 0 saturated heterocycles. The summed E-state index contributed by atoms with van der Waals surface area (Å²) in [6, 6.07) is 5.46. The number of pyridine rings is 1. The van der Waals surface area contributed by atoms with Gasteiger partial charge in [-0.2, -0.15) is 0 Å². The molecule has 0 spiro atoms. The lowest BCUT2D eigenvalue weighted by Gasteiger charge is -2.25. The average Bonchev–Trinajstić information content (AvgIpc) is 3.06. The van der Waals surface area contributed by atoms with E-state index >= 15 is 4.39 Å². The summed E-state index contributed by atoms with van der Waals surface area (Å²) in [6.45, 7) is 7.38. The molecule has 4 rings (SSSR count). The first-order valence-corrected chi connectivity index (χ1v) is 9.12. The molecule has 2 aromatic heterocycles. The molecule has 0 fully saturated rings. The van der Waals surface area contributed by atoms with Gasteiger partial charge in [-0.1, -0.05) is 24.8 Å². The summed E-state index contributed by atoms with van der Waals surface area (Å²) in [7, 11) is 0. The molecule has 1 aliphatic rings. The number of furan rings is 1. The van der Waals surface area contributed by atoms with Crippen LogP contribution in [0.25, 0.3) is 28.0 Å². The van der Waals surface area contributed by atoms with Gasteiger partial charge in [0, 0.05) is 35.0 Å². The molecule has 6 nitrogen and oxygen atoms in total. The summed E-state index contributed by atoms with van der Waals surface area (Å²) in [5.74, 6) is -2.30. The zero-order valence-electron chi connectivity index (χ0n) is 16.0. The fourth-order valence-electron chi connectivity index (χ4n) is 3.85. The van der Waals surface area contributed by atoms with E-state index in [9.17, 15) is 14.7 Å². The van der Waals surface area contributed by atoms with Gasteiger partial charge in [-0.15, -0.1) is 0 Å². The number of allylic oxidation sites excluding steroid dienone is 1. The predicted octanol–water partition coefficient (Wildman–Crippen LogP) is 4.31. The topological polar surface area (TPSA) is 84.5 Å². The molecule has 0 radical (unpaired) electrons. The number of nitrogens with one attached hydrogen (secondary N) is 1. The van der Waals surface area contributed by atoms with Gasteiger partial charge >= 0.3 is 5.97 Å². The van der Waals surface area contributed by atoms with Crippen LogP contribution < -0.4 is 10.7 Å². The molecule has 29 heavy (non-hydrogen) atoms. The second-order valence-corrected chi connectivity index (χ2v) is 7.09. The van der Waals surface area contributed by atoms with E-state index in [1.54, 1.807) is 12.4 Å². The Morgan fingerprint density at radius 1 is 1.41 bits per heavy atom. The highest BCUT2D eigenvalue weighted by molar-refractivity contribution is 5.95. The number of carboxylic acid groups (broad SMARTS) is 1. The van der Waals surface area contributed by atoms with E-state index in [0.29, 0.717) is 12.0 Å². The van der Waals surface area contributed by atoms with Crippen molar-refractivity contribution in [1.82, 2.24) is 9.88 Å². The number of carbonyl (C=O) groups is 1. The van der Waals surface area contributed by atoms with Crippen molar-refractivity contribution in [2.45, 2.75) is 26.3 Å². The summed E-state index contributed by atoms with van der Waals surface area (Å²) in [4.78, 5) is 23.6. The third kappa shape index (κ3) is 2.77. The molecule has 2 N–H and O–H groups in total. The Labute approximate surface area is 165 Å². The number of para-hydroxylation sites is 1. The molecule has 1 atom stereocenters. The van der Waals surface area contributed by atoms with Gasteiger partial charge in [0.2, 0.25) is 5.43 Å². The van der Waals surface area contributed by atoms with Crippen molar-refractivity contribution in [1.29, 1.82) is 0 Å². The fraction of sp³-hybridized carbons (Fsp3) is 0.182. The molecule has 1 unspecified atom stereocenters. The maximum Gasteiger partial charge on any atom is 0.341 e. The van der Waals surface area contributed by atoms with Crippen molar-refractivity contribution >= 4 is 22.5 Å². The Kier molecular flexibility index (Phi) is 4.38. The minimum Gasteiger partial charge on any atom is -0.477 e. The highest BCUT2D eigenvalue weighted by Gasteiger charge is 2.32. The zero-order valence-corrected chi connectivity index (χ0v) is 16.0. The summed E-state index contributed by atoms with van der Waals surface area (Å²) in [5.41, 5.74) is 1.38. The normalized spacial score (nSPS) is 15.7. The van der Waals surface area contributed by atoms with E-state index in [1.165, 1.54) is 10.8 Å². The quantitative estimate of drug-likeness (QED) is 0.689. The Balaban J connectivity index is 2.03. The smallest absolute Gasteiger partial charge is 0.341 e. The van der Waals surface area contributed by atoms with Crippen LogP contribution in [0.15, 0.2) is 52.6 Å². The van der Waals surface area contributed by atoms with Crippen LogP contribution in [0, 0.1) is 5.82 Å². The summed E-state index contributed by atoms with van der Waals surface area (Å²) >= 11 is 0. The molecule has 0 aliphatic carbocycles. The number of hydrogen-bond donors (Lipinski definition) is 2. The largest absolute Gasteiger partial charge is 0.477 e. The summed E-state index contributed by atoms with van der Waals surface area (Å²) in [5, 5.41) is 13.0. The van der Waals surface area contributed by atoms with Gasteiger partial charge in [-0.3, -0.25) is 4.79 Å². The summed E-state index contributed by atoms with van der Waals surface area (Å²) < 4.78 is 22.6. The molecule has 0 bridgehead atoms. The van der Waals surface area contributed by atoms with E-state index in [-0.39, 0.29) is 17.5 Å². The number of halogens is 1. The first kappa shape index (κ1) is 18.7. The number of aromatic carboxylic acids is 1. The average molecular weight is 394 g/mol. The lowest BCUT2D eigenvalue weighted by molar-refractivity contribution is 0.0693. The second kappa shape index (κ2) is 6.77. The number of fused-ring (bicyclic) bond motifs is 5. The highest BCUT2D eigenvalue weighted by Crippen LogP contribution is 2.43. The van der Waals surface area contributed by atoms with Gasteiger partial charge < -0.3 is 19.4 Å². The first-order chi connectivity index (χ1) is 13.8. The van der Waals surface area contributed by atoms with E-state index < -0.39 is 22.8 Å². The predicted molar refractivity (Wildman–Crippen MR) is 108 cm³/mol. The lowest BCUT2D eigenvalue weighted by atomic mass is 9.95. The Morgan fingerprint density at radius 2 is 2.17 bits per heavy atom. The van der Waals surface area contributed by atoms with Crippen molar-refractivity contribution in [3.8, 4) is 11.5 Å². The molecular formula is C22H19FN2O4. The zero-order chi connectivity index (χ0) is 20.9. The van der Waals surface area contributed by atoms with Crippen LogP contribution >= 0.6 is 0 Å². The Bertz CT molecular complexity index is 1270. The van der Waals surface area contributed by atoms with E-state index in [2.05, 4.69) is 11.9 Å². The fourth-order valence-corrected chi connectivity index (χ4v) is 3.85. The van der Waals surface area contributed by atoms with E-state index in [1.807, 2.05) is 32.0 Å². The van der Waals surface area contributed by atoms with Crippen LogP contribution in [0.4, 0.5) is 4.39 Å². The van der Waals surface area contributed by atoms with Crippen molar-refractivity contribution < 1.29 is 18.7 Å². The van der Waals surface area contributed by atoms with Gasteiger partial charge in [0.25, 0.3) is 0 Å². The van der Waals surface area contributed by atoms with Crippen LogP contribution in [-0.4, -0.2) is 15.6 Å². The molecule has 148 valence electrons. The number of rotatable bonds is 4. The number of aromatic nitrogens is 1. The van der Waals surface area contributed by atoms with E-state index in [0.717, 1.165) is 22.1 Å². The third-order valence-corrected chi connectivity index (χ3v) is 5.26. The van der Waals surface area contributed by atoms with Crippen molar-refractivity contribution in [3.05, 3.63) is 76.1 Å². The molecule has 7 heteroatoms. The first-order valence-electron chi connectivity index (χ1n) is 9.12. The van der Waals surface area contributed by atoms with Crippen LogP contribution in [0.2, 0.25) is 0 Å². The lowest BCUT2D eigenvalue weighted by Crippen LogP contribution is -2.27. The Morgan fingerprint density at radius 3 is 2.86 bits per heavy atom. The Hall–Kier alpha value is -3.61. The number of carboxylic acids is 1. The van der Waals surface area contributed by atoms with E-state index in [4.69, 9.17) is 4.42 Å². The number of hydrogen-bond acceptors (Lipinski definition) is 4. The SMILES string of the molecule is C=CN/C=C(\C)c1cccc2c3c(oc12)-c1c(F)c(=O)c(C(=O)O)cn1C(C)C3. The molecule has 1 aliphatic heterocycles. The van der Waals surface area contributed by atoms with Gasteiger partial charge in [-0.25, -0.2) is 9.18 Å². The third-order valence-electron chi connectivity index (χ3n) is 5.26. The van der Waals surface area contributed by atoms with Crippen LogP contribution in [-0.2, 0) is 6.42 Å². The van der Waals surface area contributed by atoms with Gasteiger partial charge in [0.1, 0.15) is 16.8 Å². The van der Waals surface area contributed by atoms with Gasteiger partial charge in [0.05, 0.1) is 0 Å². The maximum absolute atomic E-state index is 15.0. The van der Waals surface area contributed by atoms with Gasteiger partial charge in [-0.05, 0) is 32.0 Å². The molecule has 3 heterocycles. The van der Waals surface area contributed by atoms with Crippen molar-refractivity contribution in [3.63, 3.8) is 0 Å². The van der Waals surface area contributed by atoms with Crippen molar-refractivity contribution in [2.75, 3.05) is 0 Å². The summed E-state index contributed by atoms with van der Waals surface area (Å²) in [6.07, 6.45) is 5.05. The van der Waals surface area contributed by atoms with Crippen LogP contribution in [0.1, 0.15) is 41.4 Å². The van der Waals surface area contributed by atoms with Crippen LogP contribution in [0.5, 0.6) is 0 Å². The van der Waals surface area contributed by atoms with Crippen molar-refractivity contribution in [2.24, 2.45) is 0 Å². The minimum atomic E-state index is -1.45. The standard InChI is InChI=1S/C22H19FN2O4/c1-4-24-9-11(2)13-6-5-7-14-15-8-12(3)25-10-16(22(27)28)19(26)17(23)18(25)21(15)29-20(13)14/h4-7,9-10,12,24H,1,8H2,2-3H3,(H,27,28)/b11-9+. The monoisotopic (exact) mass is 394 g/mol. The van der Waals surface area contributed by atoms with Gasteiger partial charge in [0.15, 0.2) is 11.6 Å². The molecule has 1 aromatic carbocycles. The molecular weight excluding hydrogens is 375 g/mol. The second-order valence-electron chi connectivity index (χ2n) is 7.09. The highest BCUT2D eigenvalue weighted by atomic mass is 19.1. The van der Waals surface area contributed by atoms with Crippen LogP contribution in [0.3, 0.4) is 0 Å². The molecule has 3 aromatic rings. The maximum atomic E-state index is 15.0. The molecule has 0 amide bonds. The minimum absolute atomic E-state index is 0.0123. The molecule has 0 saturated carbocycles.